The van der Waals surface area contributed by atoms with E-state index in [1.54, 1.807) is 0 Å². The molecule has 3 rings (SSSR count). The Hall–Kier alpha value is -0.680. The number of thiophene rings is 2. The Kier molecular flexibility index (Phi) is 4.89. The van der Waals surface area contributed by atoms with Crippen molar-refractivity contribution in [3.05, 3.63) is 44.8 Å². The molecule has 0 saturated heterocycles. The van der Waals surface area contributed by atoms with Crippen LogP contribution in [0.4, 0.5) is 0 Å². The zero-order valence-electron chi connectivity index (χ0n) is 11.7. The van der Waals surface area contributed by atoms with Crippen LogP contribution in [0.3, 0.4) is 0 Å². The normalized spacial score (nSPS) is 24.1. The first-order valence-electron chi connectivity index (χ1n) is 7.21. The first kappa shape index (κ1) is 14.3. The van der Waals surface area contributed by atoms with Crippen LogP contribution in [0.5, 0.6) is 0 Å². The summed E-state index contributed by atoms with van der Waals surface area (Å²) in [7, 11) is 1.84. The molecule has 2 heterocycles. The molecule has 1 fully saturated rings. The number of hydrogen-bond donors (Lipinski definition) is 1. The third-order valence-electron chi connectivity index (χ3n) is 4.04. The van der Waals surface area contributed by atoms with Gasteiger partial charge in [-0.15, -0.1) is 22.7 Å². The molecule has 108 valence electrons. The van der Waals surface area contributed by atoms with Gasteiger partial charge in [-0.25, -0.2) is 0 Å². The molecule has 0 amide bonds. The van der Waals surface area contributed by atoms with E-state index in [4.69, 9.17) is 4.74 Å². The van der Waals surface area contributed by atoms with Crippen LogP contribution in [-0.2, 0) is 11.2 Å². The molecule has 0 spiro atoms. The van der Waals surface area contributed by atoms with Crippen LogP contribution in [0, 0.1) is 0 Å². The van der Waals surface area contributed by atoms with Gasteiger partial charge in [0.2, 0.25) is 0 Å². The van der Waals surface area contributed by atoms with Crippen LogP contribution in [0.15, 0.2) is 35.0 Å². The smallest absolute Gasteiger partial charge is 0.0724 e. The lowest BCUT2D eigenvalue weighted by molar-refractivity contribution is 0.0813. The lowest BCUT2D eigenvalue weighted by Gasteiger charge is -2.26. The summed E-state index contributed by atoms with van der Waals surface area (Å²) in [6, 6.07) is 9.66. The zero-order chi connectivity index (χ0) is 13.8. The predicted octanol–water partition coefficient (Wildman–Crippen LogP) is 4.25. The molecular weight excluding hydrogens is 286 g/mol. The van der Waals surface area contributed by atoms with E-state index < -0.39 is 0 Å². The third kappa shape index (κ3) is 3.31. The van der Waals surface area contributed by atoms with Gasteiger partial charge in [-0.05, 0) is 42.2 Å². The van der Waals surface area contributed by atoms with E-state index in [-0.39, 0.29) is 0 Å². The van der Waals surface area contributed by atoms with Crippen LogP contribution in [0.1, 0.15) is 35.1 Å². The summed E-state index contributed by atoms with van der Waals surface area (Å²) in [6.45, 7) is 0. The summed E-state index contributed by atoms with van der Waals surface area (Å²) in [6.07, 6.45) is 5.13. The molecule has 0 aliphatic heterocycles. The lowest BCUT2D eigenvalue weighted by Crippen LogP contribution is -2.39. The maximum Gasteiger partial charge on any atom is 0.0724 e. The van der Waals surface area contributed by atoms with Crippen LogP contribution in [-0.4, -0.2) is 19.3 Å². The average Bonchev–Trinajstić information content (AvgIpc) is 3.21. The Balaban J connectivity index is 1.72. The number of rotatable bonds is 6. The van der Waals surface area contributed by atoms with Gasteiger partial charge < -0.3 is 10.1 Å². The number of ether oxygens (including phenoxy) is 1. The number of hydrogen-bond acceptors (Lipinski definition) is 4. The average molecular weight is 307 g/mol. The van der Waals surface area contributed by atoms with E-state index in [0.717, 1.165) is 6.42 Å². The Morgan fingerprint density at radius 2 is 2.10 bits per heavy atom. The SMILES string of the molecule is COC1CCCC1NC(Cc1cccs1)c1cccs1. The second-order valence-electron chi connectivity index (χ2n) is 5.33. The van der Waals surface area contributed by atoms with E-state index in [2.05, 4.69) is 40.3 Å². The molecular formula is C16H21NOS2. The molecule has 0 radical (unpaired) electrons. The fourth-order valence-electron chi connectivity index (χ4n) is 3.02. The highest BCUT2D eigenvalue weighted by atomic mass is 32.1. The summed E-state index contributed by atoms with van der Waals surface area (Å²) < 4.78 is 5.62. The molecule has 1 aliphatic carbocycles. The molecule has 3 atom stereocenters. The van der Waals surface area contributed by atoms with Crippen LogP contribution in [0.2, 0.25) is 0 Å². The molecule has 20 heavy (non-hydrogen) atoms. The van der Waals surface area contributed by atoms with E-state index in [0.29, 0.717) is 18.2 Å². The number of nitrogens with one attached hydrogen (secondary N) is 1. The van der Waals surface area contributed by atoms with Gasteiger partial charge in [-0.3, -0.25) is 0 Å². The van der Waals surface area contributed by atoms with Gasteiger partial charge in [0.1, 0.15) is 0 Å². The van der Waals surface area contributed by atoms with Crippen molar-refractivity contribution in [2.24, 2.45) is 0 Å². The second kappa shape index (κ2) is 6.85. The Morgan fingerprint density at radius 3 is 2.80 bits per heavy atom. The van der Waals surface area contributed by atoms with Crippen LogP contribution >= 0.6 is 22.7 Å². The summed E-state index contributed by atoms with van der Waals surface area (Å²) in [5.74, 6) is 0. The standard InChI is InChI=1S/C16H21NOS2/c1-18-15-7-2-6-13(15)17-14(16-8-4-10-20-16)11-12-5-3-9-19-12/h3-5,8-10,13-15,17H,2,6-7,11H2,1H3. The molecule has 3 unspecified atom stereocenters. The van der Waals surface area contributed by atoms with Gasteiger partial charge in [0.25, 0.3) is 0 Å². The molecule has 0 bridgehead atoms. The molecule has 2 aromatic heterocycles. The monoisotopic (exact) mass is 307 g/mol. The fourth-order valence-corrected chi connectivity index (χ4v) is 4.56. The molecule has 1 aliphatic rings. The van der Waals surface area contributed by atoms with Gasteiger partial charge in [0, 0.05) is 35.4 Å². The molecule has 1 saturated carbocycles. The van der Waals surface area contributed by atoms with Gasteiger partial charge >= 0.3 is 0 Å². The van der Waals surface area contributed by atoms with Gasteiger partial charge in [-0.1, -0.05) is 12.1 Å². The second-order valence-corrected chi connectivity index (χ2v) is 7.34. The van der Waals surface area contributed by atoms with E-state index in [1.807, 2.05) is 29.8 Å². The largest absolute Gasteiger partial charge is 0.380 e. The van der Waals surface area contributed by atoms with Crippen molar-refractivity contribution in [1.82, 2.24) is 5.32 Å². The first-order chi connectivity index (χ1) is 9.86. The van der Waals surface area contributed by atoms with Gasteiger partial charge in [0.05, 0.1) is 6.10 Å². The minimum absolute atomic E-state index is 0.376. The van der Waals surface area contributed by atoms with E-state index in [1.165, 1.54) is 29.0 Å². The molecule has 0 aromatic carbocycles. The Labute approximate surface area is 128 Å². The van der Waals surface area contributed by atoms with E-state index >= 15 is 0 Å². The molecule has 1 N–H and O–H groups in total. The van der Waals surface area contributed by atoms with Crippen molar-refractivity contribution >= 4 is 22.7 Å². The van der Waals surface area contributed by atoms with Crippen molar-refractivity contribution in [3.63, 3.8) is 0 Å². The summed E-state index contributed by atoms with van der Waals surface area (Å²) in [5.41, 5.74) is 0. The minimum atomic E-state index is 0.376. The van der Waals surface area contributed by atoms with Crippen LogP contribution in [0.25, 0.3) is 0 Å². The summed E-state index contributed by atoms with van der Waals surface area (Å²) >= 11 is 3.69. The van der Waals surface area contributed by atoms with Gasteiger partial charge in [0.15, 0.2) is 0 Å². The quantitative estimate of drug-likeness (QED) is 0.861. The summed E-state index contributed by atoms with van der Waals surface area (Å²) in [4.78, 5) is 2.88. The molecule has 2 nitrogen and oxygen atoms in total. The van der Waals surface area contributed by atoms with Crippen molar-refractivity contribution in [2.75, 3.05) is 7.11 Å². The molecule has 4 heteroatoms. The third-order valence-corrected chi connectivity index (χ3v) is 5.93. The highest BCUT2D eigenvalue weighted by Crippen LogP contribution is 2.29. The fraction of sp³-hybridized carbons (Fsp3) is 0.500. The van der Waals surface area contributed by atoms with Crippen molar-refractivity contribution < 1.29 is 4.74 Å². The lowest BCUT2D eigenvalue weighted by atomic mass is 10.1. The highest BCUT2D eigenvalue weighted by molar-refractivity contribution is 7.10. The maximum atomic E-state index is 5.62. The minimum Gasteiger partial charge on any atom is -0.380 e. The Bertz CT molecular complexity index is 495. The van der Waals surface area contributed by atoms with Crippen molar-refractivity contribution in [3.8, 4) is 0 Å². The highest BCUT2D eigenvalue weighted by Gasteiger charge is 2.29. The van der Waals surface area contributed by atoms with E-state index in [9.17, 15) is 0 Å². The topological polar surface area (TPSA) is 21.3 Å². The molecule has 2 aromatic rings. The predicted molar refractivity (Wildman–Crippen MR) is 86.7 cm³/mol. The Morgan fingerprint density at radius 1 is 1.25 bits per heavy atom. The van der Waals surface area contributed by atoms with Crippen LogP contribution < -0.4 is 5.32 Å². The zero-order valence-corrected chi connectivity index (χ0v) is 13.4. The van der Waals surface area contributed by atoms with Crippen molar-refractivity contribution in [1.29, 1.82) is 0 Å². The number of methoxy groups -OCH3 is 1. The van der Waals surface area contributed by atoms with Gasteiger partial charge in [-0.2, -0.15) is 0 Å². The van der Waals surface area contributed by atoms with Crippen molar-refractivity contribution in [2.45, 2.75) is 43.9 Å². The maximum absolute atomic E-state index is 5.62. The summed E-state index contributed by atoms with van der Waals surface area (Å²) in [5, 5.41) is 8.18. The first-order valence-corrected chi connectivity index (χ1v) is 8.97.